The Balaban J connectivity index is 1.80. The number of piperazine rings is 1. The minimum atomic E-state index is -0.288. The lowest BCUT2D eigenvalue weighted by Crippen LogP contribution is -2.44. The van der Waals surface area contributed by atoms with Gasteiger partial charge in [0.05, 0.1) is 0 Å². The lowest BCUT2D eigenvalue weighted by atomic mass is 10.2. The molecule has 6 nitrogen and oxygen atoms in total. The molecule has 2 amide bonds. The van der Waals surface area contributed by atoms with Gasteiger partial charge in [-0.2, -0.15) is 0 Å². The highest BCUT2D eigenvalue weighted by Gasteiger charge is 2.14. The van der Waals surface area contributed by atoms with Crippen LogP contribution in [0.25, 0.3) is 0 Å². The molecule has 0 bridgehead atoms. The molecule has 24 heavy (non-hydrogen) atoms. The highest BCUT2D eigenvalue weighted by molar-refractivity contribution is 6.03. The van der Waals surface area contributed by atoms with E-state index in [4.69, 9.17) is 0 Å². The zero-order valence-electron chi connectivity index (χ0n) is 14.8. The van der Waals surface area contributed by atoms with Crippen molar-refractivity contribution in [2.24, 2.45) is 5.92 Å². The Morgan fingerprint density at radius 3 is 2.25 bits per heavy atom. The number of amides is 2. The Labute approximate surface area is 144 Å². The molecule has 1 saturated heterocycles. The average Bonchev–Trinajstić information content (AvgIpc) is 2.54. The van der Waals surface area contributed by atoms with E-state index >= 15 is 0 Å². The fraction of sp³-hybridized carbons (Fsp3) is 0.556. The maximum Gasteiger partial charge on any atom is 0.233 e. The molecule has 0 radical (unpaired) electrons. The Bertz CT molecular complexity index is 549. The second-order valence-corrected chi connectivity index (χ2v) is 6.76. The molecule has 0 atom stereocenters. The predicted molar refractivity (Wildman–Crippen MR) is 97.2 cm³/mol. The molecule has 0 saturated carbocycles. The zero-order valence-corrected chi connectivity index (χ0v) is 14.8. The molecule has 0 spiro atoms. The van der Waals surface area contributed by atoms with E-state index in [2.05, 4.69) is 27.5 Å². The summed E-state index contributed by atoms with van der Waals surface area (Å²) in [7, 11) is 2.13. The zero-order chi connectivity index (χ0) is 17.5. The van der Waals surface area contributed by atoms with Crippen molar-refractivity contribution >= 4 is 23.2 Å². The van der Waals surface area contributed by atoms with Gasteiger partial charge in [-0.05, 0) is 37.2 Å². The van der Waals surface area contributed by atoms with Gasteiger partial charge in [0.25, 0.3) is 0 Å². The van der Waals surface area contributed by atoms with E-state index in [-0.39, 0.29) is 18.2 Å². The summed E-state index contributed by atoms with van der Waals surface area (Å²) in [5, 5.41) is 5.52. The van der Waals surface area contributed by atoms with E-state index in [1.165, 1.54) is 0 Å². The summed E-state index contributed by atoms with van der Waals surface area (Å²) in [6.07, 6.45) is -0.146. The number of hydrogen-bond acceptors (Lipinski definition) is 4. The molecule has 0 unspecified atom stereocenters. The molecule has 1 aliphatic heterocycles. The predicted octanol–water partition coefficient (Wildman–Crippen LogP) is 1.54. The van der Waals surface area contributed by atoms with Gasteiger partial charge < -0.3 is 20.4 Å². The first kappa shape index (κ1) is 18.3. The first-order valence-corrected chi connectivity index (χ1v) is 8.54. The summed E-state index contributed by atoms with van der Waals surface area (Å²) in [4.78, 5) is 28.2. The van der Waals surface area contributed by atoms with E-state index in [0.29, 0.717) is 12.5 Å². The number of nitrogens with one attached hydrogen (secondary N) is 2. The van der Waals surface area contributed by atoms with Crippen molar-refractivity contribution in [3.05, 3.63) is 24.3 Å². The minimum Gasteiger partial charge on any atom is -0.369 e. The fourth-order valence-electron chi connectivity index (χ4n) is 2.55. The lowest BCUT2D eigenvalue weighted by Gasteiger charge is -2.34. The number of carbonyl (C=O) groups excluding carboxylic acids is 2. The van der Waals surface area contributed by atoms with Crippen LogP contribution >= 0.6 is 0 Å². The van der Waals surface area contributed by atoms with Gasteiger partial charge in [0, 0.05) is 44.1 Å². The summed E-state index contributed by atoms with van der Waals surface area (Å²) in [5.74, 6) is -0.155. The van der Waals surface area contributed by atoms with Gasteiger partial charge in [0.1, 0.15) is 6.42 Å². The first-order chi connectivity index (χ1) is 11.4. The summed E-state index contributed by atoms with van der Waals surface area (Å²) in [5.41, 5.74) is 1.88. The van der Waals surface area contributed by atoms with Crippen LogP contribution in [0.3, 0.4) is 0 Å². The average molecular weight is 332 g/mol. The van der Waals surface area contributed by atoms with Gasteiger partial charge >= 0.3 is 0 Å². The van der Waals surface area contributed by atoms with Crippen LogP contribution in [0.5, 0.6) is 0 Å². The molecule has 0 aromatic heterocycles. The van der Waals surface area contributed by atoms with Crippen LogP contribution in [0.1, 0.15) is 20.3 Å². The normalized spacial score (nSPS) is 15.4. The Hall–Kier alpha value is -2.08. The maximum absolute atomic E-state index is 11.9. The Kier molecular flexibility index (Phi) is 6.61. The monoisotopic (exact) mass is 332 g/mol. The first-order valence-electron chi connectivity index (χ1n) is 8.54. The van der Waals surface area contributed by atoms with Crippen LogP contribution in [0, 0.1) is 5.92 Å². The van der Waals surface area contributed by atoms with Crippen LogP contribution in [0.15, 0.2) is 24.3 Å². The van der Waals surface area contributed by atoms with Crippen LogP contribution in [0.2, 0.25) is 0 Å². The van der Waals surface area contributed by atoms with Crippen LogP contribution in [-0.2, 0) is 9.59 Å². The van der Waals surface area contributed by atoms with Crippen molar-refractivity contribution in [3.8, 4) is 0 Å². The molecule has 1 aromatic carbocycles. The third kappa shape index (κ3) is 5.85. The SMILES string of the molecule is CC(C)CNC(=O)CC(=O)Nc1ccc(N2CCN(C)CC2)cc1. The van der Waals surface area contributed by atoms with Crippen LogP contribution in [-0.4, -0.2) is 56.5 Å². The highest BCUT2D eigenvalue weighted by Crippen LogP contribution is 2.19. The molecular formula is C18H28N4O2. The topological polar surface area (TPSA) is 64.7 Å². The third-order valence-electron chi connectivity index (χ3n) is 4.05. The second-order valence-electron chi connectivity index (χ2n) is 6.76. The van der Waals surface area contributed by atoms with Crippen molar-refractivity contribution < 1.29 is 9.59 Å². The molecule has 1 heterocycles. The molecular weight excluding hydrogens is 304 g/mol. The van der Waals surface area contributed by atoms with Crippen molar-refractivity contribution in [1.29, 1.82) is 0 Å². The second kappa shape index (κ2) is 8.68. The number of carbonyl (C=O) groups is 2. The molecule has 6 heteroatoms. The quantitative estimate of drug-likeness (QED) is 0.776. The summed E-state index contributed by atoms with van der Waals surface area (Å²) >= 11 is 0. The van der Waals surface area contributed by atoms with Gasteiger partial charge in [-0.25, -0.2) is 0 Å². The highest BCUT2D eigenvalue weighted by atomic mass is 16.2. The fourth-order valence-corrected chi connectivity index (χ4v) is 2.55. The molecule has 2 rings (SSSR count). The molecule has 132 valence electrons. The lowest BCUT2D eigenvalue weighted by molar-refractivity contribution is -0.126. The smallest absolute Gasteiger partial charge is 0.233 e. The Morgan fingerprint density at radius 1 is 1.04 bits per heavy atom. The standard InChI is InChI=1S/C18H28N4O2/c1-14(2)13-19-17(23)12-18(24)20-15-4-6-16(7-5-15)22-10-8-21(3)9-11-22/h4-7,14H,8-13H2,1-3H3,(H,19,23)(H,20,24). The maximum atomic E-state index is 11.9. The van der Waals surface area contributed by atoms with E-state index in [1.807, 2.05) is 38.1 Å². The van der Waals surface area contributed by atoms with Crippen molar-refractivity contribution in [2.75, 3.05) is 50.0 Å². The molecule has 0 aliphatic carbocycles. The Morgan fingerprint density at radius 2 is 1.67 bits per heavy atom. The van der Waals surface area contributed by atoms with Crippen LogP contribution in [0.4, 0.5) is 11.4 Å². The molecule has 2 N–H and O–H groups in total. The number of likely N-dealkylation sites (N-methyl/N-ethyl adjacent to an activating group) is 1. The van der Waals surface area contributed by atoms with Crippen LogP contribution < -0.4 is 15.5 Å². The van der Waals surface area contributed by atoms with Crippen molar-refractivity contribution in [3.63, 3.8) is 0 Å². The number of hydrogen-bond donors (Lipinski definition) is 2. The third-order valence-corrected chi connectivity index (χ3v) is 4.05. The van der Waals surface area contributed by atoms with Crippen molar-refractivity contribution in [1.82, 2.24) is 10.2 Å². The summed E-state index contributed by atoms with van der Waals surface area (Å²) in [6.45, 7) is 8.76. The van der Waals surface area contributed by atoms with E-state index < -0.39 is 0 Å². The number of benzene rings is 1. The van der Waals surface area contributed by atoms with Gasteiger partial charge in [-0.3, -0.25) is 9.59 Å². The molecule has 1 fully saturated rings. The minimum absolute atomic E-state index is 0.146. The largest absolute Gasteiger partial charge is 0.369 e. The van der Waals surface area contributed by atoms with E-state index in [0.717, 1.165) is 37.6 Å². The summed E-state index contributed by atoms with van der Waals surface area (Å²) < 4.78 is 0. The number of nitrogens with zero attached hydrogens (tertiary/aromatic N) is 2. The van der Waals surface area contributed by atoms with Gasteiger partial charge in [0.15, 0.2) is 0 Å². The van der Waals surface area contributed by atoms with E-state index in [1.54, 1.807) is 0 Å². The molecule has 1 aliphatic rings. The van der Waals surface area contributed by atoms with Crippen molar-refractivity contribution in [2.45, 2.75) is 20.3 Å². The summed E-state index contributed by atoms with van der Waals surface area (Å²) in [6, 6.07) is 7.80. The van der Waals surface area contributed by atoms with Gasteiger partial charge in [-0.1, -0.05) is 13.8 Å². The van der Waals surface area contributed by atoms with Gasteiger partial charge in [0.2, 0.25) is 11.8 Å². The molecule has 1 aromatic rings. The number of rotatable bonds is 6. The van der Waals surface area contributed by atoms with E-state index in [9.17, 15) is 9.59 Å². The number of anilines is 2. The van der Waals surface area contributed by atoms with Gasteiger partial charge in [-0.15, -0.1) is 0 Å².